The Morgan fingerprint density at radius 2 is 1.76 bits per heavy atom. The van der Waals surface area contributed by atoms with Crippen LogP contribution in [0.5, 0.6) is 5.75 Å². The van der Waals surface area contributed by atoms with Gasteiger partial charge in [-0.15, -0.1) is 0 Å². The number of H-pyrrole nitrogens is 1. The maximum absolute atomic E-state index is 14.0. The van der Waals surface area contributed by atoms with Gasteiger partial charge in [-0.05, 0) is 75.3 Å². The number of aromatic nitrogens is 2. The molecule has 0 spiro atoms. The van der Waals surface area contributed by atoms with Gasteiger partial charge in [0.15, 0.2) is 5.60 Å². The first-order valence-corrected chi connectivity index (χ1v) is 16.3. The molecular weight excluding hydrogens is 584 g/mol. The van der Waals surface area contributed by atoms with Crippen molar-refractivity contribution >= 4 is 23.6 Å². The van der Waals surface area contributed by atoms with Crippen LogP contribution in [0.2, 0.25) is 0 Å². The number of nitrogens with zero attached hydrogens (tertiary/aromatic N) is 5. The van der Waals surface area contributed by atoms with Crippen molar-refractivity contribution < 1.29 is 24.2 Å². The van der Waals surface area contributed by atoms with Crippen LogP contribution < -0.4 is 9.64 Å². The standard InChI is InChI=1S/C35H44N6O5/c1-24-18-25(28-20-36-37-21-28)9-10-26(24)23-41(29-11-12-29)32(42)27-6-5-13-40(22-27)30-7-4-8-31(19-30)46-35(2,3)33(43)38-14-16-39(17-15-38)34(44)45/h4,7-10,18-21,27,29H,5-6,11-17,22-23H2,1-3H3,(H,36,37)(H,44,45). The molecule has 1 aliphatic carbocycles. The molecule has 3 aliphatic rings. The largest absolute Gasteiger partial charge is 0.478 e. The molecule has 1 atom stereocenters. The maximum atomic E-state index is 14.0. The molecule has 2 aromatic carbocycles. The average Bonchev–Trinajstić information content (AvgIpc) is 3.75. The van der Waals surface area contributed by atoms with Crippen molar-refractivity contribution in [2.24, 2.45) is 5.92 Å². The van der Waals surface area contributed by atoms with Crippen LogP contribution in [0, 0.1) is 12.8 Å². The van der Waals surface area contributed by atoms with Crippen molar-refractivity contribution in [3.05, 3.63) is 66.0 Å². The van der Waals surface area contributed by atoms with E-state index >= 15 is 0 Å². The van der Waals surface area contributed by atoms with E-state index in [1.165, 1.54) is 16.0 Å². The van der Waals surface area contributed by atoms with Crippen molar-refractivity contribution in [3.8, 4) is 16.9 Å². The quantitative estimate of drug-likeness (QED) is 0.350. The summed E-state index contributed by atoms with van der Waals surface area (Å²) in [7, 11) is 0. The summed E-state index contributed by atoms with van der Waals surface area (Å²) in [4.78, 5) is 46.0. The molecule has 1 unspecified atom stereocenters. The Morgan fingerprint density at radius 3 is 2.43 bits per heavy atom. The van der Waals surface area contributed by atoms with Gasteiger partial charge in [-0.2, -0.15) is 5.10 Å². The number of hydrogen-bond donors (Lipinski definition) is 2. The lowest BCUT2D eigenvalue weighted by molar-refractivity contribution is -0.147. The number of amides is 3. The highest BCUT2D eigenvalue weighted by atomic mass is 16.5. The predicted octanol–water partition coefficient (Wildman–Crippen LogP) is 4.77. The Labute approximate surface area is 270 Å². The van der Waals surface area contributed by atoms with Gasteiger partial charge in [-0.3, -0.25) is 14.7 Å². The fraction of sp³-hybridized carbons (Fsp3) is 0.486. The monoisotopic (exact) mass is 628 g/mol. The minimum atomic E-state index is -1.12. The number of hydrogen-bond acceptors (Lipinski definition) is 6. The number of benzene rings is 2. The third-order valence-electron chi connectivity index (χ3n) is 9.46. The summed E-state index contributed by atoms with van der Waals surface area (Å²) < 4.78 is 6.26. The van der Waals surface area contributed by atoms with E-state index in [1.54, 1.807) is 18.7 Å². The second-order valence-corrected chi connectivity index (χ2v) is 13.3. The van der Waals surface area contributed by atoms with Crippen molar-refractivity contribution in [2.75, 3.05) is 44.2 Å². The summed E-state index contributed by atoms with van der Waals surface area (Å²) in [6.07, 6.45) is 6.63. The van der Waals surface area contributed by atoms with E-state index in [0.717, 1.165) is 49.0 Å². The van der Waals surface area contributed by atoms with Gasteiger partial charge in [0.05, 0.1) is 12.1 Å². The summed E-state index contributed by atoms with van der Waals surface area (Å²) in [6, 6.07) is 14.5. The Hall–Kier alpha value is -4.54. The van der Waals surface area contributed by atoms with E-state index in [0.29, 0.717) is 38.0 Å². The number of carbonyl (C=O) groups excluding carboxylic acids is 2. The van der Waals surface area contributed by atoms with Crippen LogP contribution in [0.15, 0.2) is 54.9 Å². The number of piperazine rings is 1. The highest BCUT2D eigenvalue weighted by Crippen LogP contribution is 2.34. The number of aromatic amines is 1. The first-order chi connectivity index (χ1) is 22.1. The Bertz CT molecular complexity index is 1560. The van der Waals surface area contributed by atoms with Gasteiger partial charge < -0.3 is 29.4 Å². The van der Waals surface area contributed by atoms with E-state index in [2.05, 4.69) is 45.1 Å². The molecule has 3 aromatic rings. The van der Waals surface area contributed by atoms with Gasteiger partial charge in [-0.1, -0.05) is 24.3 Å². The van der Waals surface area contributed by atoms with E-state index in [4.69, 9.17) is 4.74 Å². The highest BCUT2D eigenvalue weighted by Gasteiger charge is 2.39. The third-order valence-corrected chi connectivity index (χ3v) is 9.46. The first kappa shape index (κ1) is 31.4. The summed E-state index contributed by atoms with van der Waals surface area (Å²) in [5, 5.41) is 16.2. The molecule has 11 heteroatoms. The molecule has 1 aromatic heterocycles. The lowest BCUT2D eigenvalue weighted by atomic mass is 9.95. The number of piperidine rings is 1. The third kappa shape index (κ3) is 6.98. The summed E-state index contributed by atoms with van der Waals surface area (Å²) in [5.74, 6) is 0.556. The number of carbonyl (C=O) groups is 3. The fourth-order valence-electron chi connectivity index (χ4n) is 6.63. The molecule has 1 saturated carbocycles. The second-order valence-electron chi connectivity index (χ2n) is 13.3. The molecule has 0 bridgehead atoms. The summed E-state index contributed by atoms with van der Waals surface area (Å²) in [5.41, 5.74) is 4.35. The number of aryl methyl sites for hydroxylation is 1. The number of anilines is 1. The molecule has 0 radical (unpaired) electrons. The lowest BCUT2D eigenvalue weighted by Crippen LogP contribution is -2.56. The van der Waals surface area contributed by atoms with E-state index in [9.17, 15) is 19.5 Å². The maximum Gasteiger partial charge on any atom is 0.407 e. The molecule has 46 heavy (non-hydrogen) atoms. The Morgan fingerprint density at radius 1 is 1.00 bits per heavy atom. The number of rotatable bonds is 9. The van der Waals surface area contributed by atoms with Crippen molar-refractivity contribution in [1.82, 2.24) is 24.9 Å². The molecule has 2 saturated heterocycles. The first-order valence-electron chi connectivity index (χ1n) is 16.3. The van der Waals surface area contributed by atoms with Gasteiger partial charge in [0.2, 0.25) is 5.91 Å². The minimum absolute atomic E-state index is 0.0908. The van der Waals surface area contributed by atoms with Crippen molar-refractivity contribution in [1.29, 1.82) is 0 Å². The van der Waals surface area contributed by atoms with Crippen LogP contribution in [0.25, 0.3) is 11.1 Å². The van der Waals surface area contributed by atoms with Crippen LogP contribution in [0.3, 0.4) is 0 Å². The number of carboxylic acid groups (broad SMARTS) is 1. The topological polar surface area (TPSA) is 122 Å². The van der Waals surface area contributed by atoms with Crippen LogP contribution in [0.4, 0.5) is 10.5 Å². The molecule has 3 fully saturated rings. The average molecular weight is 629 g/mol. The highest BCUT2D eigenvalue weighted by molar-refractivity contribution is 5.85. The molecule has 11 nitrogen and oxygen atoms in total. The Balaban J connectivity index is 1.10. The zero-order valence-corrected chi connectivity index (χ0v) is 26.9. The predicted molar refractivity (Wildman–Crippen MR) is 175 cm³/mol. The Kier molecular flexibility index (Phi) is 8.93. The minimum Gasteiger partial charge on any atom is -0.478 e. The van der Waals surface area contributed by atoms with Gasteiger partial charge in [0.1, 0.15) is 5.75 Å². The fourth-order valence-corrected chi connectivity index (χ4v) is 6.63. The molecule has 2 aliphatic heterocycles. The van der Waals surface area contributed by atoms with Crippen LogP contribution in [0.1, 0.15) is 50.7 Å². The normalized spacial score (nSPS) is 18.8. The number of nitrogens with one attached hydrogen (secondary N) is 1. The van der Waals surface area contributed by atoms with Crippen molar-refractivity contribution in [3.63, 3.8) is 0 Å². The van der Waals surface area contributed by atoms with Gasteiger partial charge in [0.25, 0.3) is 5.91 Å². The molecule has 244 valence electrons. The zero-order chi connectivity index (χ0) is 32.4. The summed E-state index contributed by atoms with van der Waals surface area (Å²) in [6.45, 7) is 8.98. The van der Waals surface area contributed by atoms with Gasteiger partial charge in [0, 0.05) is 75.4 Å². The second kappa shape index (κ2) is 13.1. The van der Waals surface area contributed by atoms with E-state index in [1.807, 2.05) is 36.7 Å². The van der Waals surface area contributed by atoms with Crippen LogP contribution in [-0.4, -0.2) is 98.8 Å². The molecular formula is C35H44N6O5. The molecule has 3 heterocycles. The van der Waals surface area contributed by atoms with Gasteiger partial charge in [-0.25, -0.2) is 4.79 Å². The smallest absolute Gasteiger partial charge is 0.407 e. The van der Waals surface area contributed by atoms with Crippen LogP contribution >= 0.6 is 0 Å². The van der Waals surface area contributed by atoms with Gasteiger partial charge >= 0.3 is 6.09 Å². The lowest BCUT2D eigenvalue weighted by Gasteiger charge is -2.38. The SMILES string of the molecule is Cc1cc(-c2cn[nH]c2)ccc1CN(C(=O)C1CCCN(c2cccc(OC(C)(C)C(=O)N3CCN(C(=O)O)CC3)c2)C1)C1CC1. The van der Waals surface area contributed by atoms with Crippen LogP contribution in [-0.2, 0) is 16.1 Å². The van der Waals surface area contributed by atoms with Crippen molar-refractivity contribution in [2.45, 2.75) is 64.6 Å². The molecule has 2 N–H and O–H groups in total. The molecule has 6 rings (SSSR count). The molecule has 3 amide bonds. The van der Waals surface area contributed by atoms with E-state index in [-0.39, 0.29) is 30.8 Å². The zero-order valence-electron chi connectivity index (χ0n) is 26.9. The summed E-state index contributed by atoms with van der Waals surface area (Å²) >= 11 is 0. The van der Waals surface area contributed by atoms with E-state index < -0.39 is 11.7 Å². The number of ether oxygens (including phenoxy) is 1.